The summed E-state index contributed by atoms with van der Waals surface area (Å²) in [4.78, 5) is 1.92. The summed E-state index contributed by atoms with van der Waals surface area (Å²) in [6.07, 6.45) is -0.643. The number of fused-ring (bicyclic) bond motifs is 1. The van der Waals surface area contributed by atoms with Gasteiger partial charge in [0.15, 0.2) is 6.23 Å². The molecule has 1 saturated heterocycles. The van der Waals surface area contributed by atoms with Crippen molar-refractivity contribution >= 4 is 26.7 Å². The highest BCUT2D eigenvalue weighted by Gasteiger charge is 2.26. The number of aliphatic hydroxyl groups excluding tert-OH is 1. The summed E-state index contributed by atoms with van der Waals surface area (Å²) < 4.78 is 53.4. The first-order valence-electron chi connectivity index (χ1n) is 9.70. The molecule has 1 fully saturated rings. The number of nitrogens with one attached hydrogen (secondary N) is 1. The number of hydrogen-bond donors (Lipinski definition) is 2. The van der Waals surface area contributed by atoms with E-state index >= 15 is 0 Å². The summed E-state index contributed by atoms with van der Waals surface area (Å²) in [5.74, 6) is -0.409. The van der Waals surface area contributed by atoms with Crippen LogP contribution in [-0.4, -0.2) is 33.2 Å². The lowest BCUT2D eigenvalue weighted by molar-refractivity contribution is 0.141. The van der Waals surface area contributed by atoms with E-state index in [1.165, 1.54) is 18.2 Å². The van der Waals surface area contributed by atoms with Crippen LogP contribution < -0.4 is 14.4 Å². The summed E-state index contributed by atoms with van der Waals surface area (Å²) in [6, 6.07) is 9.16. The Morgan fingerprint density at radius 1 is 1.27 bits per heavy atom. The summed E-state index contributed by atoms with van der Waals surface area (Å²) in [5, 5.41) is 10.7. The maximum atomic E-state index is 14.5. The van der Waals surface area contributed by atoms with Gasteiger partial charge >= 0.3 is 0 Å². The smallest absolute Gasteiger partial charge is 0.246 e. The second-order valence-electron chi connectivity index (χ2n) is 7.24. The SMILES string of the molecule is CCOc1ccc(C)cc1S(=O)(=O)NC(O)c1cc2c(F)cc(N3CCC3)cc2o1. The van der Waals surface area contributed by atoms with Crippen molar-refractivity contribution in [3.05, 3.63) is 53.5 Å². The maximum absolute atomic E-state index is 14.5. The van der Waals surface area contributed by atoms with E-state index in [-0.39, 0.29) is 34.0 Å². The van der Waals surface area contributed by atoms with Crippen molar-refractivity contribution in [3.8, 4) is 5.75 Å². The van der Waals surface area contributed by atoms with Crippen molar-refractivity contribution in [2.75, 3.05) is 24.6 Å². The van der Waals surface area contributed by atoms with Crippen LogP contribution in [0.1, 0.15) is 30.9 Å². The van der Waals surface area contributed by atoms with Crippen molar-refractivity contribution in [2.45, 2.75) is 31.4 Å². The zero-order chi connectivity index (χ0) is 21.5. The number of furan rings is 1. The number of benzene rings is 2. The van der Waals surface area contributed by atoms with Crippen LogP contribution in [0.15, 0.2) is 45.7 Å². The number of rotatable bonds is 7. The van der Waals surface area contributed by atoms with Crippen LogP contribution in [0.4, 0.5) is 10.1 Å². The van der Waals surface area contributed by atoms with Crippen molar-refractivity contribution in [1.82, 2.24) is 4.72 Å². The molecule has 30 heavy (non-hydrogen) atoms. The Labute approximate surface area is 174 Å². The van der Waals surface area contributed by atoms with Crippen molar-refractivity contribution in [1.29, 1.82) is 0 Å². The molecule has 1 atom stereocenters. The van der Waals surface area contributed by atoms with Crippen LogP contribution in [0.5, 0.6) is 5.75 Å². The molecular formula is C21H23FN2O5S. The predicted octanol–water partition coefficient (Wildman–Crippen LogP) is 3.46. The molecule has 0 bridgehead atoms. The number of sulfonamides is 1. The molecule has 7 nitrogen and oxygen atoms in total. The van der Waals surface area contributed by atoms with Crippen LogP contribution in [0.2, 0.25) is 0 Å². The first kappa shape index (κ1) is 20.6. The first-order valence-corrected chi connectivity index (χ1v) is 11.2. The third-order valence-corrected chi connectivity index (χ3v) is 6.47. The fraction of sp³-hybridized carbons (Fsp3) is 0.333. The van der Waals surface area contributed by atoms with E-state index in [2.05, 4.69) is 4.72 Å². The van der Waals surface area contributed by atoms with Gasteiger partial charge in [-0.1, -0.05) is 6.07 Å². The Bertz CT molecular complexity index is 1190. The van der Waals surface area contributed by atoms with Gasteiger partial charge in [-0.15, -0.1) is 0 Å². The van der Waals surface area contributed by atoms with E-state index in [0.29, 0.717) is 5.69 Å². The Kier molecular flexibility index (Phi) is 5.44. The highest BCUT2D eigenvalue weighted by atomic mass is 32.2. The van der Waals surface area contributed by atoms with Gasteiger partial charge < -0.3 is 19.2 Å². The van der Waals surface area contributed by atoms with E-state index in [4.69, 9.17) is 9.15 Å². The summed E-state index contributed by atoms with van der Waals surface area (Å²) in [7, 11) is -4.13. The van der Waals surface area contributed by atoms with Gasteiger partial charge in [0.05, 0.1) is 12.0 Å². The summed E-state index contributed by atoms with van der Waals surface area (Å²) >= 11 is 0. The van der Waals surface area contributed by atoms with Crippen molar-refractivity contribution < 1.29 is 27.1 Å². The average Bonchev–Trinajstić information content (AvgIpc) is 3.06. The van der Waals surface area contributed by atoms with Crippen molar-refractivity contribution in [2.24, 2.45) is 0 Å². The van der Waals surface area contributed by atoms with Crippen molar-refractivity contribution in [3.63, 3.8) is 0 Å². The lowest BCUT2D eigenvalue weighted by Crippen LogP contribution is -2.36. The summed E-state index contributed by atoms with van der Waals surface area (Å²) in [5.41, 5.74) is 1.66. The molecule has 2 heterocycles. The Balaban J connectivity index is 1.63. The molecule has 4 rings (SSSR count). The monoisotopic (exact) mass is 434 g/mol. The molecule has 0 aliphatic carbocycles. The number of anilines is 1. The third-order valence-electron chi connectivity index (χ3n) is 5.04. The van der Waals surface area contributed by atoms with Gasteiger partial charge in [-0.2, -0.15) is 4.72 Å². The Morgan fingerprint density at radius 2 is 2.03 bits per heavy atom. The normalized spacial score (nSPS) is 15.3. The molecule has 2 aromatic carbocycles. The van der Waals surface area contributed by atoms with Gasteiger partial charge in [-0.25, -0.2) is 12.8 Å². The van der Waals surface area contributed by atoms with Crippen LogP contribution in [0.3, 0.4) is 0 Å². The minimum absolute atomic E-state index is 0.0919. The molecule has 1 aliphatic rings. The average molecular weight is 434 g/mol. The Morgan fingerprint density at radius 3 is 2.70 bits per heavy atom. The molecule has 0 amide bonds. The first-order chi connectivity index (χ1) is 14.3. The molecule has 9 heteroatoms. The van der Waals surface area contributed by atoms with Gasteiger partial charge in [0.2, 0.25) is 10.0 Å². The highest BCUT2D eigenvalue weighted by molar-refractivity contribution is 7.89. The van der Waals surface area contributed by atoms with Gasteiger partial charge in [0.1, 0.15) is 27.8 Å². The minimum atomic E-state index is -4.13. The van der Waals surface area contributed by atoms with E-state index < -0.39 is 22.1 Å². The molecule has 1 aromatic heterocycles. The number of halogens is 1. The van der Waals surface area contributed by atoms with E-state index in [1.807, 2.05) is 4.90 Å². The zero-order valence-corrected chi connectivity index (χ0v) is 17.5. The second-order valence-corrected chi connectivity index (χ2v) is 8.92. The second kappa shape index (κ2) is 7.90. The fourth-order valence-electron chi connectivity index (χ4n) is 3.36. The van der Waals surface area contributed by atoms with Crippen LogP contribution >= 0.6 is 0 Å². The topological polar surface area (TPSA) is 92.0 Å². The van der Waals surface area contributed by atoms with E-state index in [1.54, 1.807) is 32.0 Å². The Hall–Kier alpha value is -2.62. The number of nitrogens with zero attached hydrogens (tertiary/aromatic N) is 1. The van der Waals surface area contributed by atoms with E-state index in [0.717, 1.165) is 25.1 Å². The minimum Gasteiger partial charge on any atom is -0.492 e. The quantitative estimate of drug-likeness (QED) is 0.554. The highest BCUT2D eigenvalue weighted by Crippen LogP contribution is 2.32. The lowest BCUT2D eigenvalue weighted by Gasteiger charge is -2.33. The standard InChI is InChI=1S/C21H23FN2O5S/c1-3-28-17-6-5-13(2)9-20(17)30(26,27)23-21(25)19-12-15-16(22)10-14(11-18(15)29-19)24-7-4-8-24/h5-6,9-12,21,23,25H,3-4,7-8H2,1-2H3. The molecule has 2 N–H and O–H groups in total. The number of aliphatic hydroxyl groups is 1. The zero-order valence-electron chi connectivity index (χ0n) is 16.7. The number of hydrogen-bond acceptors (Lipinski definition) is 6. The molecule has 1 aliphatic heterocycles. The predicted molar refractivity (Wildman–Crippen MR) is 111 cm³/mol. The molecule has 0 saturated carbocycles. The summed E-state index contributed by atoms with van der Waals surface area (Å²) in [6.45, 7) is 5.48. The molecule has 160 valence electrons. The van der Waals surface area contributed by atoms with Crippen LogP contribution in [0.25, 0.3) is 11.0 Å². The van der Waals surface area contributed by atoms with E-state index in [9.17, 15) is 17.9 Å². The molecule has 0 spiro atoms. The third kappa shape index (κ3) is 3.88. The number of ether oxygens (including phenoxy) is 1. The lowest BCUT2D eigenvalue weighted by atomic mass is 10.1. The molecular weight excluding hydrogens is 411 g/mol. The largest absolute Gasteiger partial charge is 0.492 e. The van der Waals surface area contributed by atoms with Gasteiger partial charge in [0.25, 0.3) is 0 Å². The van der Waals surface area contributed by atoms with Gasteiger partial charge in [-0.05, 0) is 50.1 Å². The molecule has 0 radical (unpaired) electrons. The van der Waals surface area contributed by atoms with Gasteiger partial charge in [0, 0.05) is 24.8 Å². The molecule has 3 aromatic rings. The molecule has 1 unspecified atom stereocenters. The number of aryl methyl sites for hydroxylation is 1. The van der Waals surface area contributed by atoms with Crippen LogP contribution in [0, 0.1) is 12.7 Å². The van der Waals surface area contributed by atoms with Crippen LogP contribution in [-0.2, 0) is 10.0 Å². The maximum Gasteiger partial charge on any atom is 0.246 e. The van der Waals surface area contributed by atoms with Gasteiger partial charge in [-0.3, -0.25) is 0 Å². The fourth-order valence-corrected chi connectivity index (χ4v) is 4.63.